The summed E-state index contributed by atoms with van der Waals surface area (Å²) >= 11 is 0. The molecule has 0 fully saturated rings. The molecule has 4 nitrogen and oxygen atoms in total. The van der Waals surface area contributed by atoms with Crippen LogP contribution in [0.2, 0.25) is 0 Å². The molecule has 3 aromatic rings. The summed E-state index contributed by atoms with van der Waals surface area (Å²) in [6.07, 6.45) is 1.70. The van der Waals surface area contributed by atoms with Gasteiger partial charge in [-0.05, 0) is 23.6 Å². The van der Waals surface area contributed by atoms with Gasteiger partial charge < -0.3 is 10.4 Å². The number of fused-ring (bicyclic) bond motifs is 1. The van der Waals surface area contributed by atoms with E-state index in [4.69, 9.17) is 0 Å². The highest BCUT2D eigenvalue weighted by atomic mass is 16.8. The van der Waals surface area contributed by atoms with Gasteiger partial charge in [-0.1, -0.05) is 48.5 Å². The second-order valence-corrected chi connectivity index (χ2v) is 4.59. The van der Waals surface area contributed by atoms with Crippen molar-refractivity contribution in [2.24, 2.45) is 4.99 Å². The molecule has 21 heavy (non-hydrogen) atoms. The zero-order chi connectivity index (χ0) is 14.7. The van der Waals surface area contributed by atoms with Crippen molar-refractivity contribution < 1.29 is 5.21 Å². The topological polar surface area (TPSA) is 58.9 Å². The molecule has 0 saturated carbocycles. The summed E-state index contributed by atoms with van der Waals surface area (Å²) in [5.74, 6) is 0. The predicted molar refractivity (Wildman–Crippen MR) is 85.3 cm³/mol. The fourth-order valence-electron chi connectivity index (χ4n) is 2.27. The SMILES string of the molecule is [O-]N(O)c1cccc2cccc(C=Nc3ccccc3)c12. The van der Waals surface area contributed by atoms with E-state index in [9.17, 15) is 10.4 Å². The maximum absolute atomic E-state index is 11.3. The Kier molecular flexibility index (Phi) is 3.64. The third-order valence-corrected chi connectivity index (χ3v) is 3.23. The lowest BCUT2D eigenvalue weighted by molar-refractivity contribution is 0.297. The third-order valence-electron chi connectivity index (χ3n) is 3.23. The molecule has 3 aromatic carbocycles. The first-order valence-corrected chi connectivity index (χ1v) is 6.53. The highest BCUT2D eigenvalue weighted by Gasteiger charge is 2.05. The Labute approximate surface area is 122 Å². The average Bonchev–Trinajstić information content (AvgIpc) is 2.53. The molecule has 0 amide bonds. The molecule has 104 valence electrons. The minimum Gasteiger partial charge on any atom is -0.733 e. The van der Waals surface area contributed by atoms with Crippen LogP contribution in [0.5, 0.6) is 0 Å². The molecule has 0 saturated heterocycles. The van der Waals surface area contributed by atoms with E-state index in [1.165, 1.54) is 0 Å². The molecule has 1 N–H and O–H groups in total. The molecular weight excluding hydrogens is 264 g/mol. The normalized spacial score (nSPS) is 11.1. The lowest BCUT2D eigenvalue weighted by Gasteiger charge is -2.24. The number of nitrogens with zero attached hydrogens (tertiary/aromatic N) is 2. The first-order valence-electron chi connectivity index (χ1n) is 6.53. The molecule has 0 unspecified atom stereocenters. The van der Waals surface area contributed by atoms with Crippen LogP contribution in [-0.4, -0.2) is 11.4 Å². The summed E-state index contributed by atoms with van der Waals surface area (Å²) in [5.41, 5.74) is 1.82. The van der Waals surface area contributed by atoms with Crippen molar-refractivity contribution in [3.8, 4) is 0 Å². The highest BCUT2D eigenvalue weighted by molar-refractivity contribution is 6.06. The Morgan fingerprint density at radius 2 is 1.62 bits per heavy atom. The van der Waals surface area contributed by atoms with Crippen LogP contribution in [-0.2, 0) is 0 Å². The molecule has 0 bridgehead atoms. The predicted octanol–water partition coefficient (Wildman–Crippen LogP) is 4.28. The molecule has 0 aliphatic carbocycles. The van der Waals surface area contributed by atoms with Crippen LogP contribution in [0.4, 0.5) is 11.4 Å². The van der Waals surface area contributed by atoms with Gasteiger partial charge in [0.2, 0.25) is 0 Å². The zero-order valence-corrected chi connectivity index (χ0v) is 11.2. The standard InChI is InChI=1S/C17H13N2O2/c20-19(21)16-11-5-7-13-6-4-8-14(17(13)16)12-18-15-9-2-1-3-10-15/h1-12,20H/q-1. The van der Waals surface area contributed by atoms with Crippen LogP contribution in [0.15, 0.2) is 71.7 Å². The van der Waals surface area contributed by atoms with Crippen LogP contribution in [0.25, 0.3) is 10.8 Å². The largest absolute Gasteiger partial charge is 0.733 e. The fraction of sp³-hybridized carbons (Fsp3) is 0. The summed E-state index contributed by atoms with van der Waals surface area (Å²) in [6.45, 7) is 0. The van der Waals surface area contributed by atoms with E-state index in [1.807, 2.05) is 54.6 Å². The molecule has 0 aromatic heterocycles. The van der Waals surface area contributed by atoms with Crippen molar-refractivity contribution in [1.29, 1.82) is 0 Å². The molecule has 0 aliphatic rings. The van der Waals surface area contributed by atoms with E-state index in [2.05, 4.69) is 4.99 Å². The maximum Gasteiger partial charge on any atom is 0.0629 e. The molecule has 0 atom stereocenters. The van der Waals surface area contributed by atoms with E-state index in [0.29, 0.717) is 5.39 Å². The minimum atomic E-state index is -0.109. The average molecular weight is 277 g/mol. The van der Waals surface area contributed by atoms with E-state index in [1.54, 1.807) is 18.3 Å². The van der Waals surface area contributed by atoms with Crippen molar-refractivity contribution >= 4 is 28.4 Å². The van der Waals surface area contributed by atoms with Gasteiger partial charge in [-0.3, -0.25) is 10.2 Å². The Balaban J connectivity index is 2.12. The van der Waals surface area contributed by atoms with Gasteiger partial charge in [0.05, 0.1) is 11.4 Å². The first kappa shape index (κ1) is 13.3. The molecule has 4 heteroatoms. The second kappa shape index (κ2) is 5.75. The fourth-order valence-corrected chi connectivity index (χ4v) is 2.27. The number of aliphatic imine (C=N–C) groups is 1. The van der Waals surface area contributed by atoms with Gasteiger partial charge in [0.1, 0.15) is 0 Å². The summed E-state index contributed by atoms with van der Waals surface area (Å²) in [5, 5.41) is 22.0. The van der Waals surface area contributed by atoms with Crippen molar-refractivity contribution in [3.05, 3.63) is 77.5 Å². The minimum absolute atomic E-state index is 0.109. The Bertz CT molecular complexity index is 778. The van der Waals surface area contributed by atoms with Gasteiger partial charge >= 0.3 is 0 Å². The van der Waals surface area contributed by atoms with Gasteiger partial charge in [-0.2, -0.15) is 0 Å². The van der Waals surface area contributed by atoms with E-state index >= 15 is 0 Å². The highest BCUT2D eigenvalue weighted by Crippen LogP contribution is 2.28. The number of hydrogen-bond donors (Lipinski definition) is 1. The number of para-hydroxylation sites is 1. The molecule has 0 spiro atoms. The summed E-state index contributed by atoms with van der Waals surface area (Å²) in [7, 11) is 0. The van der Waals surface area contributed by atoms with Crippen molar-refractivity contribution in [2.75, 3.05) is 5.23 Å². The molecule has 0 aliphatic heterocycles. The number of rotatable bonds is 3. The smallest absolute Gasteiger partial charge is 0.0629 e. The monoisotopic (exact) mass is 277 g/mol. The lowest BCUT2D eigenvalue weighted by atomic mass is 10.0. The van der Waals surface area contributed by atoms with Crippen LogP contribution >= 0.6 is 0 Å². The maximum atomic E-state index is 11.3. The number of hydrogen-bond acceptors (Lipinski definition) is 4. The van der Waals surface area contributed by atoms with E-state index < -0.39 is 0 Å². The van der Waals surface area contributed by atoms with E-state index in [-0.39, 0.29) is 10.9 Å². The van der Waals surface area contributed by atoms with Gasteiger partial charge in [0.25, 0.3) is 0 Å². The Morgan fingerprint density at radius 1 is 0.905 bits per heavy atom. The van der Waals surface area contributed by atoms with Crippen LogP contribution in [0, 0.1) is 5.21 Å². The van der Waals surface area contributed by atoms with Gasteiger partial charge in [0.15, 0.2) is 0 Å². The molecule has 0 radical (unpaired) electrons. The number of benzene rings is 3. The number of anilines is 1. The summed E-state index contributed by atoms with van der Waals surface area (Å²) in [4.78, 5) is 4.40. The van der Waals surface area contributed by atoms with Crippen molar-refractivity contribution in [3.63, 3.8) is 0 Å². The quantitative estimate of drug-likeness (QED) is 0.574. The molecular formula is C17H13N2O2-. The van der Waals surface area contributed by atoms with Crippen LogP contribution in [0.1, 0.15) is 5.56 Å². The Hall–Kier alpha value is -2.69. The van der Waals surface area contributed by atoms with Crippen molar-refractivity contribution in [2.45, 2.75) is 0 Å². The Morgan fingerprint density at radius 3 is 2.33 bits per heavy atom. The summed E-state index contributed by atoms with van der Waals surface area (Å²) in [6, 6.07) is 20.4. The van der Waals surface area contributed by atoms with Crippen molar-refractivity contribution in [1.82, 2.24) is 0 Å². The molecule has 3 rings (SSSR count). The lowest BCUT2D eigenvalue weighted by Crippen LogP contribution is -2.08. The van der Waals surface area contributed by atoms with Gasteiger partial charge in [-0.25, -0.2) is 0 Å². The van der Waals surface area contributed by atoms with Gasteiger partial charge in [0, 0.05) is 17.2 Å². The second-order valence-electron chi connectivity index (χ2n) is 4.59. The van der Waals surface area contributed by atoms with Gasteiger partial charge in [-0.15, -0.1) is 0 Å². The zero-order valence-electron chi connectivity index (χ0n) is 11.2. The van der Waals surface area contributed by atoms with E-state index in [0.717, 1.165) is 16.6 Å². The van der Waals surface area contributed by atoms with Crippen LogP contribution in [0.3, 0.4) is 0 Å². The first-order chi connectivity index (χ1) is 10.3. The summed E-state index contributed by atoms with van der Waals surface area (Å²) < 4.78 is 0. The third kappa shape index (κ3) is 2.76. The van der Waals surface area contributed by atoms with Crippen LogP contribution < -0.4 is 5.23 Å². The molecule has 0 heterocycles.